The van der Waals surface area contributed by atoms with Crippen LogP contribution < -0.4 is 10.9 Å². The summed E-state index contributed by atoms with van der Waals surface area (Å²) in [6.07, 6.45) is 0. The van der Waals surface area contributed by atoms with E-state index < -0.39 is 0 Å². The van der Waals surface area contributed by atoms with E-state index >= 15 is 0 Å². The van der Waals surface area contributed by atoms with Crippen LogP contribution in [0.15, 0.2) is 21.7 Å². The Kier molecular flexibility index (Phi) is 1.22. The van der Waals surface area contributed by atoms with Crippen LogP contribution in [0.2, 0.25) is 0 Å². The molecule has 0 spiro atoms. The topological polar surface area (TPSA) is 34.1 Å². The predicted molar refractivity (Wildman–Crippen MR) is 48.3 cm³/mol. The Morgan fingerprint density at radius 2 is 1.17 bits per heavy atom. The maximum absolute atomic E-state index is 11.1. The molecular weight excluding hydrogens is 152 g/mol. The molecule has 0 saturated heterocycles. The molecule has 2 aromatic carbocycles. The van der Waals surface area contributed by atoms with Crippen LogP contribution >= 0.6 is 0 Å². The number of benzene rings is 1. The van der Waals surface area contributed by atoms with Crippen molar-refractivity contribution >= 4 is 10.8 Å². The highest BCUT2D eigenvalue weighted by Crippen LogP contribution is 2.16. The number of rotatable bonds is 0. The molecule has 0 bridgehead atoms. The quantitative estimate of drug-likeness (QED) is 0.540. The molecule has 0 amide bonds. The van der Waals surface area contributed by atoms with Crippen molar-refractivity contribution in [2.24, 2.45) is 0 Å². The standard InChI is InChI=1S/C10H8O2/c1-5-3-4-6(2)8-7(5)9(11)10(8)12/h3-4H,1-2H3. The molecule has 0 aliphatic rings. The average molecular weight is 160 g/mol. The molecule has 0 aliphatic heterocycles. The third-order valence-corrected chi connectivity index (χ3v) is 2.28. The van der Waals surface area contributed by atoms with Gasteiger partial charge in [-0.05, 0) is 25.0 Å². The summed E-state index contributed by atoms with van der Waals surface area (Å²) in [6.45, 7) is 3.70. The van der Waals surface area contributed by atoms with Crippen molar-refractivity contribution in [1.82, 2.24) is 0 Å². The lowest BCUT2D eigenvalue weighted by Crippen LogP contribution is -2.31. The van der Waals surface area contributed by atoms with Crippen molar-refractivity contribution in [3.05, 3.63) is 43.7 Å². The number of hydrogen-bond acceptors (Lipinski definition) is 2. The number of fused-ring (bicyclic) bond motifs is 1. The van der Waals surface area contributed by atoms with Gasteiger partial charge in [-0.15, -0.1) is 0 Å². The van der Waals surface area contributed by atoms with Crippen molar-refractivity contribution in [3.8, 4) is 0 Å². The Bertz CT molecular complexity index is 479. The molecule has 0 aliphatic carbocycles. The minimum Gasteiger partial charge on any atom is -0.285 e. The second kappa shape index (κ2) is 2.03. The highest BCUT2D eigenvalue weighted by molar-refractivity contribution is 5.92. The van der Waals surface area contributed by atoms with Gasteiger partial charge in [-0.2, -0.15) is 0 Å². The highest BCUT2D eigenvalue weighted by atomic mass is 16.2. The minimum atomic E-state index is -0.328. The first kappa shape index (κ1) is 7.22. The van der Waals surface area contributed by atoms with E-state index in [2.05, 4.69) is 0 Å². The summed E-state index contributed by atoms with van der Waals surface area (Å²) in [5.41, 5.74) is 1.15. The zero-order valence-corrected chi connectivity index (χ0v) is 6.97. The van der Waals surface area contributed by atoms with E-state index in [1.165, 1.54) is 0 Å². The van der Waals surface area contributed by atoms with E-state index in [0.29, 0.717) is 10.8 Å². The van der Waals surface area contributed by atoms with Gasteiger partial charge in [0.15, 0.2) is 0 Å². The number of aryl methyl sites for hydroxylation is 2. The van der Waals surface area contributed by atoms with Crippen LogP contribution in [0.1, 0.15) is 11.1 Å². The summed E-state index contributed by atoms with van der Waals surface area (Å²) in [6, 6.07) is 3.75. The molecule has 0 unspecified atom stereocenters. The van der Waals surface area contributed by atoms with E-state index in [4.69, 9.17) is 0 Å². The SMILES string of the molecule is Cc1ccc(C)c2c(=O)c(=O)c12. The molecule has 60 valence electrons. The fourth-order valence-electron chi connectivity index (χ4n) is 1.56. The van der Waals surface area contributed by atoms with Gasteiger partial charge in [0.05, 0.1) is 0 Å². The van der Waals surface area contributed by atoms with Crippen molar-refractivity contribution in [2.45, 2.75) is 13.8 Å². The van der Waals surface area contributed by atoms with E-state index in [-0.39, 0.29) is 10.9 Å². The molecule has 2 nitrogen and oxygen atoms in total. The van der Waals surface area contributed by atoms with Gasteiger partial charge in [-0.3, -0.25) is 9.59 Å². The van der Waals surface area contributed by atoms with Gasteiger partial charge in [-0.25, -0.2) is 0 Å². The van der Waals surface area contributed by atoms with Gasteiger partial charge in [0.25, 0.3) is 0 Å². The molecule has 2 heteroatoms. The fraction of sp³-hybridized carbons (Fsp3) is 0.200. The minimum absolute atomic E-state index is 0.328. The highest BCUT2D eigenvalue weighted by Gasteiger charge is 2.15. The van der Waals surface area contributed by atoms with E-state index in [1.54, 1.807) is 0 Å². The summed E-state index contributed by atoms with van der Waals surface area (Å²) in [5.74, 6) is 0. The number of hydrogen-bond donors (Lipinski definition) is 0. The summed E-state index contributed by atoms with van der Waals surface area (Å²) in [7, 11) is 0. The van der Waals surface area contributed by atoms with Crippen LogP contribution in [0.5, 0.6) is 0 Å². The molecule has 0 saturated carbocycles. The van der Waals surface area contributed by atoms with E-state index in [0.717, 1.165) is 11.1 Å². The molecule has 0 radical (unpaired) electrons. The second-order valence-corrected chi connectivity index (χ2v) is 3.11. The van der Waals surface area contributed by atoms with Gasteiger partial charge in [-0.1, -0.05) is 12.1 Å². The van der Waals surface area contributed by atoms with Crippen LogP contribution in [0.25, 0.3) is 10.8 Å². The zero-order chi connectivity index (χ0) is 8.88. The molecule has 2 rings (SSSR count). The van der Waals surface area contributed by atoms with Crippen LogP contribution in [0, 0.1) is 13.8 Å². The van der Waals surface area contributed by atoms with Crippen molar-refractivity contribution in [3.63, 3.8) is 0 Å². The Balaban J connectivity index is 3.09. The van der Waals surface area contributed by atoms with E-state index in [9.17, 15) is 9.59 Å². The molecule has 12 heavy (non-hydrogen) atoms. The molecular formula is C10H8O2. The third kappa shape index (κ3) is 0.644. The van der Waals surface area contributed by atoms with Crippen LogP contribution in [0.3, 0.4) is 0 Å². The first-order chi connectivity index (χ1) is 5.63. The molecule has 0 heterocycles. The Labute approximate surface area is 69.1 Å². The molecule has 0 N–H and O–H groups in total. The first-order valence-corrected chi connectivity index (χ1v) is 3.82. The predicted octanol–water partition coefficient (Wildman–Crippen LogP) is 1.05. The second-order valence-electron chi connectivity index (χ2n) is 3.11. The first-order valence-electron chi connectivity index (χ1n) is 3.82. The van der Waals surface area contributed by atoms with Gasteiger partial charge < -0.3 is 0 Å². The Hall–Kier alpha value is -1.44. The largest absolute Gasteiger partial charge is 0.285 e. The van der Waals surface area contributed by atoms with Crippen LogP contribution in [-0.2, 0) is 0 Å². The van der Waals surface area contributed by atoms with Gasteiger partial charge in [0.2, 0.25) is 10.9 Å². The molecule has 0 aromatic heterocycles. The Morgan fingerprint density at radius 3 is 1.50 bits per heavy atom. The lowest BCUT2D eigenvalue weighted by molar-refractivity contribution is 1.39. The summed E-state index contributed by atoms with van der Waals surface area (Å²) >= 11 is 0. The normalized spacial score (nSPS) is 11.2. The van der Waals surface area contributed by atoms with Crippen molar-refractivity contribution in [2.75, 3.05) is 0 Å². The van der Waals surface area contributed by atoms with Crippen LogP contribution in [-0.4, -0.2) is 0 Å². The van der Waals surface area contributed by atoms with E-state index in [1.807, 2.05) is 26.0 Å². The monoisotopic (exact) mass is 160 g/mol. The molecule has 0 fully saturated rings. The maximum Gasteiger partial charge on any atom is 0.234 e. The van der Waals surface area contributed by atoms with Crippen molar-refractivity contribution in [1.29, 1.82) is 0 Å². The maximum atomic E-state index is 11.1. The van der Waals surface area contributed by atoms with Gasteiger partial charge in [0.1, 0.15) is 0 Å². The molecule has 0 atom stereocenters. The zero-order valence-electron chi connectivity index (χ0n) is 6.97. The lowest BCUT2D eigenvalue weighted by atomic mass is 9.96. The Morgan fingerprint density at radius 1 is 0.833 bits per heavy atom. The van der Waals surface area contributed by atoms with Crippen LogP contribution in [0.4, 0.5) is 0 Å². The van der Waals surface area contributed by atoms with Gasteiger partial charge >= 0.3 is 0 Å². The lowest BCUT2D eigenvalue weighted by Gasteiger charge is -2.05. The summed E-state index contributed by atoms with van der Waals surface area (Å²) in [5, 5.41) is 1.25. The summed E-state index contributed by atoms with van der Waals surface area (Å²) in [4.78, 5) is 22.2. The smallest absolute Gasteiger partial charge is 0.234 e. The average Bonchev–Trinajstić information content (AvgIpc) is 2.07. The molecule has 2 aromatic rings. The third-order valence-electron chi connectivity index (χ3n) is 2.28. The van der Waals surface area contributed by atoms with Crippen molar-refractivity contribution < 1.29 is 0 Å². The summed E-state index contributed by atoms with van der Waals surface area (Å²) < 4.78 is 0. The van der Waals surface area contributed by atoms with Gasteiger partial charge in [0, 0.05) is 10.8 Å². The fourth-order valence-corrected chi connectivity index (χ4v) is 1.56.